The zero-order valence-electron chi connectivity index (χ0n) is 82.5. The van der Waals surface area contributed by atoms with Crippen molar-refractivity contribution >= 4 is 66.1 Å². The van der Waals surface area contributed by atoms with Gasteiger partial charge in [-0.25, -0.2) is 13.2 Å². The van der Waals surface area contributed by atoms with Gasteiger partial charge in [0.05, 0.1) is 110 Å². The topological polar surface area (TPSA) is 285 Å². The van der Waals surface area contributed by atoms with E-state index in [0.717, 1.165) is 162 Å². The van der Waals surface area contributed by atoms with Crippen molar-refractivity contribution in [2.45, 2.75) is 39.6 Å². The van der Waals surface area contributed by atoms with E-state index in [1.807, 2.05) is 220 Å². The third-order valence-electron chi connectivity index (χ3n) is 24.1. The molecule has 20 aromatic rings. The second-order valence-electron chi connectivity index (χ2n) is 33.5. The maximum absolute atomic E-state index is 13.5. The fraction of sp³-hybridized carbons (Fsp3) is 0.153. The minimum atomic E-state index is -0.674. The minimum Gasteiger partial charge on any atom is -0.497 e. The molecule has 20 rings (SSSR count). The summed E-state index contributed by atoms with van der Waals surface area (Å²) in [6.45, 7) is 5.39. The van der Waals surface area contributed by atoms with Crippen LogP contribution >= 0.6 is 11.6 Å². The molecule has 27 nitrogen and oxygen atoms in total. The molecular weight excluding hydrogens is 1920 g/mol. The van der Waals surface area contributed by atoms with E-state index in [9.17, 15) is 37.1 Å². The van der Waals surface area contributed by atoms with Gasteiger partial charge in [0.25, 0.3) is 27.8 Å². The first kappa shape index (κ1) is 104. The summed E-state index contributed by atoms with van der Waals surface area (Å²) in [6, 6.07) is 84.3. The minimum absolute atomic E-state index is 0.0693. The van der Waals surface area contributed by atoms with Crippen molar-refractivity contribution in [3.05, 3.63) is 433 Å². The highest BCUT2D eigenvalue weighted by atomic mass is 35.5. The maximum Gasteiger partial charge on any atom is 0.250 e. The van der Waals surface area contributed by atoms with Crippen LogP contribution in [0.3, 0.4) is 0 Å². The molecule has 0 atom stereocenters. The van der Waals surface area contributed by atoms with Gasteiger partial charge >= 0.3 is 0 Å². The third kappa shape index (κ3) is 26.6. The van der Waals surface area contributed by atoms with Gasteiger partial charge in [0.1, 0.15) is 119 Å². The Kier molecular flexibility index (Phi) is 34.6. The number of fused-ring (bicyclic) bond motifs is 5. The molecule has 149 heavy (non-hydrogen) atoms. The number of ether oxygens (including phenoxy) is 12. The smallest absolute Gasteiger partial charge is 0.250 e. The Bertz CT molecular complexity index is 8450. The first-order chi connectivity index (χ1) is 72.6. The molecule has 0 aliphatic rings. The molecule has 0 aliphatic heterocycles. The molecule has 0 radical (unpaired) electrons. The Morgan fingerprint density at radius 2 is 0.517 bits per heavy atom. The summed E-state index contributed by atoms with van der Waals surface area (Å²) >= 11 is 5.96. The lowest BCUT2D eigenvalue weighted by Gasteiger charge is -2.13. The molecular formula is C118H102ClF3N10O17. The first-order valence-corrected chi connectivity index (χ1v) is 47.5. The van der Waals surface area contributed by atoms with Gasteiger partial charge in [-0.2, -0.15) is 0 Å². The van der Waals surface area contributed by atoms with Crippen LogP contribution in [0.2, 0.25) is 5.02 Å². The number of halogens is 4. The fourth-order valence-corrected chi connectivity index (χ4v) is 16.5. The molecule has 0 amide bonds. The molecule has 754 valence electrons. The summed E-state index contributed by atoms with van der Waals surface area (Å²) in [6.07, 6.45) is 17.3. The number of benzene rings is 10. The predicted octanol–water partition coefficient (Wildman–Crippen LogP) is 22.2. The molecule has 10 aromatic carbocycles. The summed E-state index contributed by atoms with van der Waals surface area (Å²) in [5, 5.41) is 5.08. The van der Waals surface area contributed by atoms with Crippen LogP contribution in [0.4, 0.5) is 13.2 Å². The van der Waals surface area contributed by atoms with Crippen molar-refractivity contribution in [3.63, 3.8) is 0 Å². The number of methoxy groups -OCH3 is 7. The first-order valence-electron chi connectivity index (χ1n) is 47.2. The van der Waals surface area contributed by atoms with Crippen molar-refractivity contribution < 1.29 is 70.0 Å². The van der Waals surface area contributed by atoms with E-state index in [-0.39, 0.29) is 46.8 Å². The van der Waals surface area contributed by atoms with E-state index in [1.165, 1.54) is 47.0 Å². The quantitative estimate of drug-likeness (QED) is 0.0378. The van der Waals surface area contributed by atoms with Gasteiger partial charge in [0.15, 0.2) is 0 Å². The molecule has 0 fully saturated rings. The van der Waals surface area contributed by atoms with Gasteiger partial charge in [-0.1, -0.05) is 60.1 Å². The summed E-state index contributed by atoms with van der Waals surface area (Å²) in [7, 11) is 11.3. The van der Waals surface area contributed by atoms with Crippen LogP contribution in [0.15, 0.2) is 377 Å². The lowest BCUT2D eigenvalue weighted by atomic mass is 10.0. The molecule has 0 N–H and O–H groups in total. The highest BCUT2D eigenvalue weighted by Crippen LogP contribution is 2.36. The van der Waals surface area contributed by atoms with Crippen LogP contribution in [0.25, 0.3) is 110 Å². The SMILES string of the molecule is COc1ccc(-c2ccc(=O)n(CCOc3ccnc4cc(OC)ccc34)c2)cc1.COc1ccc2c(OCCn3cc(-c4cc(F)cc(F)c4)ccc3=O)ccnc2c1.COc1ccc2c(OCCn3cc(-c4ccc(Cl)cc4)ccc3=O)ccnc2c1.COc1ccc2c(OCCn3cc(-c4ccc(F)cc4C)ccc3=O)ccnc2c1.COc1ccc2c(OCCn3cc(-c4ccccc4OC)ccc3=O)ccnc2c1. The van der Waals surface area contributed by atoms with Gasteiger partial charge in [0.2, 0.25) is 0 Å². The van der Waals surface area contributed by atoms with Gasteiger partial charge < -0.3 is 79.7 Å². The second kappa shape index (κ2) is 49.8. The average Bonchev–Trinajstić information content (AvgIpc) is 0.809. The van der Waals surface area contributed by atoms with Crippen LogP contribution in [-0.2, 0) is 32.7 Å². The number of hydrogen-bond acceptors (Lipinski definition) is 22. The zero-order valence-corrected chi connectivity index (χ0v) is 83.2. The Balaban J connectivity index is 0.000000133. The molecule has 0 saturated heterocycles. The van der Waals surface area contributed by atoms with E-state index >= 15 is 0 Å². The average molecular weight is 2020 g/mol. The van der Waals surface area contributed by atoms with Gasteiger partial charge in [-0.3, -0.25) is 48.9 Å². The van der Waals surface area contributed by atoms with Gasteiger partial charge in [-0.05, 0) is 233 Å². The summed E-state index contributed by atoms with van der Waals surface area (Å²) in [4.78, 5) is 83.1. The van der Waals surface area contributed by atoms with E-state index in [0.29, 0.717) is 86.0 Å². The Morgan fingerprint density at radius 3 is 0.826 bits per heavy atom. The van der Waals surface area contributed by atoms with Crippen molar-refractivity contribution in [1.29, 1.82) is 0 Å². The number of rotatable bonds is 32. The van der Waals surface area contributed by atoms with Crippen molar-refractivity contribution in [1.82, 2.24) is 47.8 Å². The van der Waals surface area contributed by atoms with Crippen molar-refractivity contribution in [3.8, 4) is 125 Å². The highest BCUT2D eigenvalue weighted by molar-refractivity contribution is 6.30. The Morgan fingerprint density at radius 1 is 0.242 bits per heavy atom. The Hall–Kier alpha value is -18.3. The lowest BCUT2D eigenvalue weighted by molar-refractivity contribution is 0.299. The van der Waals surface area contributed by atoms with E-state index in [2.05, 4.69) is 24.9 Å². The lowest BCUT2D eigenvalue weighted by Crippen LogP contribution is -2.22. The van der Waals surface area contributed by atoms with Gasteiger partial charge in [-0.15, -0.1) is 0 Å². The van der Waals surface area contributed by atoms with Crippen LogP contribution in [0.1, 0.15) is 5.56 Å². The standard InChI is InChI=1S/C24H21FN2O3.2C24H22N2O4.C23H19ClN2O3.C23H18F2N2O3/c1-16-13-18(25)4-6-20(16)17-3-8-24(28)27(15-17)11-12-30-23-9-10-26-22-14-19(29-2)5-7-21(22)23;1-28-19-6-3-17(4-7-19)18-5-10-24(27)26(16-18)13-14-30-23-11-12-25-22-15-20(29-2)8-9-21(22)23;1-28-18-8-9-20-21(15-18)25-12-11-23(20)30-14-13-26-16-17(7-10-24(26)27)19-5-3-4-6-22(19)29-2;1-28-19-7-8-20-21(14-19)25-11-10-22(20)29-13-12-26-15-17(4-9-23(26)27)16-2-5-18(24)6-3-16;1-29-19-3-4-20-21(13-19)26-7-6-22(20)30-9-8-27-14-15(2-5-23(27)28)16-10-17(24)12-18(25)11-16/h3-10,13-15H,11-12H2,1-2H3;2*3-12,15-16H,13-14H2,1-2H3;2-11,14-15H,12-13H2,1H3;2-7,10-14H,8-9H2,1H3. The second-order valence-corrected chi connectivity index (χ2v) is 33.9. The van der Waals surface area contributed by atoms with Crippen LogP contribution < -0.4 is 84.6 Å². The molecule has 0 unspecified atom stereocenters. The predicted molar refractivity (Wildman–Crippen MR) is 572 cm³/mol. The van der Waals surface area contributed by atoms with E-state index < -0.39 is 11.6 Å². The fourth-order valence-electron chi connectivity index (χ4n) is 16.4. The zero-order chi connectivity index (χ0) is 104. The van der Waals surface area contributed by atoms with Crippen LogP contribution in [-0.4, -0.2) is 131 Å². The van der Waals surface area contributed by atoms with Crippen LogP contribution in [0.5, 0.6) is 69.0 Å². The third-order valence-corrected chi connectivity index (χ3v) is 24.4. The maximum atomic E-state index is 13.5. The number of aromatic nitrogens is 10. The molecule has 0 aliphatic carbocycles. The van der Waals surface area contributed by atoms with Crippen molar-refractivity contribution in [2.75, 3.05) is 82.8 Å². The highest BCUT2D eigenvalue weighted by Gasteiger charge is 2.18. The molecule has 31 heteroatoms. The molecule has 10 heterocycles. The van der Waals surface area contributed by atoms with E-state index in [4.69, 9.17) is 68.4 Å². The van der Waals surface area contributed by atoms with E-state index in [1.54, 1.807) is 160 Å². The normalized spacial score (nSPS) is 10.8. The monoisotopic (exact) mass is 2020 g/mol. The Labute approximate surface area is 858 Å². The number of para-hydroxylation sites is 1. The number of nitrogens with zero attached hydrogens (tertiary/aromatic N) is 10. The number of hydrogen-bond donors (Lipinski definition) is 0. The summed E-state index contributed by atoms with van der Waals surface area (Å²) in [5.74, 6) is 7.09. The molecule has 0 bridgehead atoms. The number of aryl methyl sites for hydroxylation is 1. The summed E-state index contributed by atoms with van der Waals surface area (Å²) < 4.78 is 115. The van der Waals surface area contributed by atoms with Crippen LogP contribution in [0, 0.1) is 24.4 Å². The number of pyridine rings is 10. The molecule has 0 saturated carbocycles. The van der Waals surface area contributed by atoms with Gasteiger partial charge in [0, 0.05) is 172 Å². The molecule has 0 spiro atoms. The largest absolute Gasteiger partial charge is 0.497 e. The van der Waals surface area contributed by atoms with Crippen molar-refractivity contribution in [2.24, 2.45) is 0 Å². The summed E-state index contributed by atoms with van der Waals surface area (Å²) in [5.41, 5.74) is 12.5. The molecule has 10 aromatic heterocycles.